The van der Waals surface area contributed by atoms with E-state index in [1.54, 1.807) is 14.2 Å². The van der Waals surface area contributed by atoms with Gasteiger partial charge in [-0.05, 0) is 81.7 Å². The summed E-state index contributed by atoms with van der Waals surface area (Å²) in [5, 5.41) is 13.6. The van der Waals surface area contributed by atoms with Crippen molar-refractivity contribution in [3.8, 4) is 5.75 Å². The minimum atomic E-state index is -0.887. The molecule has 8 nitrogen and oxygen atoms in total. The Balaban J connectivity index is 1.26. The molecule has 2 aromatic rings. The fourth-order valence-corrected chi connectivity index (χ4v) is 5.39. The number of aliphatic carboxylic acids is 1. The van der Waals surface area contributed by atoms with Gasteiger partial charge in [0, 0.05) is 44.6 Å². The molecule has 0 spiro atoms. The van der Waals surface area contributed by atoms with Gasteiger partial charge in [-0.3, -0.25) is 9.69 Å². The van der Waals surface area contributed by atoms with Crippen LogP contribution in [0, 0.1) is 0 Å². The summed E-state index contributed by atoms with van der Waals surface area (Å²) in [6.45, 7) is 6.89. The Kier molecular flexibility index (Phi) is 9.63. The number of carbonyl (C=O) groups is 1. The maximum atomic E-state index is 12.4. The number of likely N-dealkylation sites (tertiary alicyclic amines) is 1. The highest BCUT2D eigenvalue weighted by molar-refractivity contribution is 5.77. The number of ether oxygens (including phenoxy) is 3. The fourth-order valence-electron chi connectivity index (χ4n) is 5.39. The van der Waals surface area contributed by atoms with Gasteiger partial charge in [0.15, 0.2) is 0 Å². The van der Waals surface area contributed by atoms with Crippen LogP contribution in [0.15, 0.2) is 30.3 Å². The molecule has 1 unspecified atom stereocenters. The molecule has 1 aromatic carbocycles. The van der Waals surface area contributed by atoms with E-state index in [0.29, 0.717) is 31.0 Å². The highest BCUT2D eigenvalue weighted by Gasteiger charge is 2.36. The van der Waals surface area contributed by atoms with E-state index < -0.39 is 17.6 Å². The SMILES string of the molecule is COc1ccc(C(C)(C)OC)cc1C(C(=O)O)N1CC[C@@H](OCCCCCc2ccc3c(n2)NCCC3)C1. The number of carboxylic acids is 1. The van der Waals surface area contributed by atoms with Crippen molar-refractivity contribution >= 4 is 11.8 Å². The van der Waals surface area contributed by atoms with E-state index in [0.717, 1.165) is 62.1 Å². The zero-order chi connectivity index (χ0) is 27.1. The summed E-state index contributed by atoms with van der Waals surface area (Å²) in [5.74, 6) is 0.748. The van der Waals surface area contributed by atoms with E-state index in [9.17, 15) is 9.90 Å². The molecule has 2 N–H and O–H groups in total. The number of nitrogens with one attached hydrogen (secondary N) is 1. The molecule has 0 amide bonds. The Hall–Kier alpha value is -2.68. The van der Waals surface area contributed by atoms with Gasteiger partial charge in [-0.15, -0.1) is 0 Å². The lowest BCUT2D eigenvalue weighted by Crippen LogP contribution is -2.34. The van der Waals surface area contributed by atoms with Gasteiger partial charge in [-0.25, -0.2) is 4.98 Å². The third-order valence-corrected chi connectivity index (χ3v) is 7.89. The highest BCUT2D eigenvalue weighted by atomic mass is 16.5. The van der Waals surface area contributed by atoms with E-state index in [4.69, 9.17) is 19.2 Å². The molecular formula is C30H43N3O5. The molecule has 0 aliphatic carbocycles. The maximum Gasteiger partial charge on any atom is 0.325 e. The largest absolute Gasteiger partial charge is 0.496 e. The minimum Gasteiger partial charge on any atom is -0.496 e. The molecule has 0 radical (unpaired) electrons. The van der Waals surface area contributed by atoms with Crippen LogP contribution in [-0.2, 0) is 32.7 Å². The van der Waals surface area contributed by atoms with Crippen molar-refractivity contribution in [2.24, 2.45) is 0 Å². The minimum absolute atomic E-state index is 0.0369. The first-order chi connectivity index (χ1) is 18.3. The topological polar surface area (TPSA) is 93.2 Å². The molecule has 0 saturated carbocycles. The first-order valence-electron chi connectivity index (χ1n) is 13.9. The van der Waals surface area contributed by atoms with Crippen molar-refractivity contribution < 1.29 is 24.1 Å². The molecule has 38 heavy (non-hydrogen) atoms. The summed E-state index contributed by atoms with van der Waals surface area (Å²) in [7, 11) is 3.23. The number of hydrogen-bond acceptors (Lipinski definition) is 7. The average molecular weight is 526 g/mol. The first kappa shape index (κ1) is 28.3. The molecule has 3 heterocycles. The molecule has 2 aliphatic heterocycles. The second kappa shape index (κ2) is 12.9. The summed E-state index contributed by atoms with van der Waals surface area (Å²) in [6.07, 6.45) is 7.29. The number of hydrogen-bond donors (Lipinski definition) is 2. The van der Waals surface area contributed by atoms with Crippen LogP contribution in [0.5, 0.6) is 5.75 Å². The van der Waals surface area contributed by atoms with E-state index in [2.05, 4.69) is 17.4 Å². The van der Waals surface area contributed by atoms with Crippen molar-refractivity contribution in [3.63, 3.8) is 0 Å². The predicted molar refractivity (Wildman–Crippen MR) is 148 cm³/mol. The number of rotatable bonds is 13. The lowest BCUT2D eigenvalue weighted by atomic mass is 9.93. The number of fused-ring (bicyclic) bond motifs is 1. The lowest BCUT2D eigenvalue weighted by Gasteiger charge is -2.29. The summed E-state index contributed by atoms with van der Waals surface area (Å²) in [5.41, 5.74) is 3.51. The highest BCUT2D eigenvalue weighted by Crippen LogP contribution is 2.36. The van der Waals surface area contributed by atoms with Gasteiger partial charge in [0.05, 0.1) is 18.8 Å². The number of aromatic nitrogens is 1. The van der Waals surface area contributed by atoms with Crippen molar-refractivity contribution in [1.82, 2.24) is 9.88 Å². The molecule has 208 valence electrons. The van der Waals surface area contributed by atoms with E-state index in [1.165, 1.54) is 12.0 Å². The number of benzene rings is 1. The second-order valence-electron chi connectivity index (χ2n) is 10.8. The third kappa shape index (κ3) is 6.84. The average Bonchev–Trinajstić information content (AvgIpc) is 3.38. The first-order valence-corrected chi connectivity index (χ1v) is 13.9. The molecule has 1 fully saturated rings. The van der Waals surface area contributed by atoms with Crippen LogP contribution in [0.2, 0.25) is 0 Å². The molecule has 1 saturated heterocycles. The second-order valence-corrected chi connectivity index (χ2v) is 10.8. The quantitative estimate of drug-likeness (QED) is 0.355. The number of carboxylic acid groups (broad SMARTS) is 1. The Bertz CT molecular complexity index is 1090. The predicted octanol–water partition coefficient (Wildman–Crippen LogP) is 4.96. The number of aryl methyl sites for hydroxylation is 2. The van der Waals surface area contributed by atoms with Gasteiger partial charge in [0.25, 0.3) is 0 Å². The molecule has 2 atom stereocenters. The van der Waals surface area contributed by atoms with Gasteiger partial charge in [0.1, 0.15) is 17.6 Å². The number of unbranched alkanes of at least 4 members (excludes halogenated alkanes) is 2. The van der Waals surface area contributed by atoms with Crippen molar-refractivity contribution in [2.45, 2.75) is 76.5 Å². The van der Waals surface area contributed by atoms with E-state index >= 15 is 0 Å². The molecular weight excluding hydrogens is 482 g/mol. The van der Waals surface area contributed by atoms with Crippen LogP contribution in [0.1, 0.15) is 74.4 Å². The summed E-state index contributed by atoms with van der Waals surface area (Å²) in [4.78, 5) is 19.2. The number of nitrogens with zero attached hydrogens (tertiary/aromatic N) is 2. The third-order valence-electron chi connectivity index (χ3n) is 7.89. The fraction of sp³-hybridized carbons (Fsp3) is 0.600. The van der Waals surface area contributed by atoms with Crippen LogP contribution in [0.3, 0.4) is 0 Å². The normalized spacial score (nSPS) is 18.6. The lowest BCUT2D eigenvalue weighted by molar-refractivity contribution is -0.143. The Morgan fingerprint density at radius 3 is 2.82 bits per heavy atom. The summed E-state index contributed by atoms with van der Waals surface area (Å²) in [6, 6.07) is 9.25. The Morgan fingerprint density at radius 1 is 1.21 bits per heavy atom. The Labute approximate surface area is 226 Å². The van der Waals surface area contributed by atoms with Gasteiger partial charge in [-0.1, -0.05) is 18.6 Å². The zero-order valence-corrected chi connectivity index (χ0v) is 23.3. The van der Waals surface area contributed by atoms with Gasteiger partial charge in [-0.2, -0.15) is 0 Å². The molecule has 2 aliphatic rings. The van der Waals surface area contributed by atoms with Crippen LogP contribution < -0.4 is 10.1 Å². The summed E-state index contributed by atoms with van der Waals surface area (Å²) >= 11 is 0. The van der Waals surface area contributed by atoms with E-state index in [-0.39, 0.29) is 6.10 Å². The summed E-state index contributed by atoms with van der Waals surface area (Å²) < 4.78 is 17.3. The monoisotopic (exact) mass is 525 g/mol. The standard InChI is InChI=1S/C30H43N3O5/c1-30(2,37-4)22-12-14-26(36-3)25(19-22)27(29(34)35)33-17-15-24(20-33)38-18-7-5-6-10-23-13-11-21-9-8-16-31-28(21)32-23/h11-14,19,24,27H,5-10,15-18,20H2,1-4H3,(H,31,32)(H,34,35)/t24-,27?/m1/s1. The molecule has 1 aromatic heterocycles. The van der Waals surface area contributed by atoms with Gasteiger partial charge >= 0.3 is 5.97 Å². The number of anilines is 1. The number of pyridine rings is 1. The van der Waals surface area contributed by atoms with Crippen LogP contribution in [-0.4, -0.2) is 67.5 Å². The van der Waals surface area contributed by atoms with Crippen molar-refractivity contribution in [3.05, 3.63) is 52.7 Å². The Morgan fingerprint density at radius 2 is 2.05 bits per heavy atom. The maximum absolute atomic E-state index is 12.4. The number of methoxy groups -OCH3 is 2. The van der Waals surface area contributed by atoms with Crippen LogP contribution in [0.25, 0.3) is 0 Å². The van der Waals surface area contributed by atoms with Crippen LogP contribution >= 0.6 is 0 Å². The molecule has 4 rings (SSSR count). The zero-order valence-electron chi connectivity index (χ0n) is 23.3. The van der Waals surface area contributed by atoms with Crippen molar-refractivity contribution in [1.29, 1.82) is 0 Å². The molecule has 8 heteroatoms. The molecule has 0 bridgehead atoms. The van der Waals surface area contributed by atoms with E-state index in [1.807, 2.05) is 36.9 Å². The van der Waals surface area contributed by atoms with Crippen molar-refractivity contribution in [2.75, 3.05) is 45.8 Å². The smallest absolute Gasteiger partial charge is 0.325 e. The van der Waals surface area contributed by atoms with Gasteiger partial charge in [0.2, 0.25) is 0 Å². The van der Waals surface area contributed by atoms with Gasteiger partial charge < -0.3 is 24.6 Å². The van der Waals surface area contributed by atoms with Crippen LogP contribution in [0.4, 0.5) is 5.82 Å².